The van der Waals surface area contributed by atoms with Crippen molar-refractivity contribution >= 4 is 0 Å². The first kappa shape index (κ1) is 16.0. The molecule has 0 aliphatic carbocycles. The Labute approximate surface area is 122 Å². The molecule has 5 atom stereocenters. The minimum atomic E-state index is -1.25. The summed E-state index contributed by atoms with van der Waals surface area (Å²) in [7, 11) is 1.39. The van der Waals surface area contributed by atoms with Crippen LogP contribution < -0.4 is 4.74 Å². The number of hydrogen-bond donors (Lipinski definition) is 5. The van der Waals surface area contributed by atoms with Crippen LogP contribution in [-0.2, 0) is 4.74 Å². The summed E-state index contributed by atoms with van der Waals surface area (Å²) in [6.45, 7) is -0.151. The monoisotopic (exact) mass is 300 g/mol. The van der Waals surface area contributed by atoms with Crippen molar-refractivity contribution in [2.24, 2.45) is 5.92 Å². The Hall–Kier alpha value is -1.38. The summed E-state index contributed by atoms with van der Waals surface area (Å²) in [6, 6.07) is 4.37. The molecule has 0 radical (unpaired) electrons. The molecule has 0 saturated carbocycles. The molecule has 1 fully saturated rings. The number of ether oxygens (including phenoxy) is 2. The number of phenols is 1. The highest BCUT2D eigenvalue weighted by Gasteiger charge is 2.39. The van der Waals surface area contributed by atoms with E-state index in [1.807, 2.05) is 0 Å². The van der Waals surface area contributed by atoms with Gasteiger partial charge in [-0.1, -0.05) is 6.07 Å². The van der Waals surface area contributed by atoms with Crippen LogP contribution in [0, 0.1) is 5.92 Å². The molecule has 118 valence electrons. The van der Waals surface area contributed by atoms with Crippen LogP contribution in [0.1, 0.15) is 18.1 Å². The maximum Gasteiger partial charge on any atom is 0.160 e. The van der Waals surface area contributed by atoms with Crippen molar-refractivity contribution in [2.45, 2.75) is 31.0 Å². The highest BCUT2D eigenvalue weighted by atomic mass is 16.6. The Morgan fingerprint density at radius 1 is 1.33 bits per heavy atom. The fourth-order valence-electron chi connectivity index (χ4n) is 2.42. The zero-order valence-corrected chi connectivity index (χ0v) is 11.6. The SMILES string of the molecule is COc1cc(C(O)C[C@H]2C(O)OC[C@H](O)[C@@H]2O)ccc1O. The maximum atomic E-state index is 10.2. The van der Waals surface area contributed by atoms with E-state index in [2.05, 4.69) is 0 Å². The molecule has 0 spiro atoms. The van der Waals surface area contributed by atoms with Crippen LogP contribution in [0.5, 0.6) is 11.5 Å². The lowest BCUT2D eigenvalue weighted by Gasteiger charge is -2.36. The number of aliphatic hydroxyl groups excluding tert-OH is 4. The highest BCUT2D eigenvalue weighted by Crippen LogP contribution is 2.34. The summed E-state index contributed by atoms with van der Waals surface area (Å²) in [5.74, 6) is -0.652. The minimum Gasteiger partial charge on any atom is -0.504 e. The summed E-state index contributed by atoms with van der Waals surface area (Å²) in [4.78, 5) is 0. The zero-order chi connectivity index (χ0) is 15.6. The number of benzene rings is 1. The van der Waals surface area contributed by atoms with E-state index in [0.29, 0.717) is 5.56 Å². The average Bonchev–Trinajstić information content (AvgIpc) is 2.48. The van der Waals surface area contributed by atoms with Crippen molar-refractivity contribution in [3.05, 3.63) is 23.8 Å². The predicted molar refractivity (Wildman–Crippen MR) is 71.7 cm³/mol. The first-order chi connectivity index (χ1) is 9.93. The molecule has 7 heteroatoms. The topological polar surface area (TPSA) is 120 Å². The van der Waals surface area contributed by atoms with E-state index in [4.69, 9.17) is 9.47 Å². The fourth-order valence-corrected chi connectivity index (χ4v) is 2.42. The summed E-state index contributed by atoms with van der Waals surface area (Å²) in [5, 5.41) is 48.9. The molecule has 21 heavy (non-hydrogen) atoms. The quantitative estimate of drug-likeness (QED) is 0.509. The van der Waals surface area contributed by atoms with Gasteiger partial charge in [0.2, 0.25) is 0 Å². The third-order valence-corrected chi connectivity index (χ3v) is 3.72. The number of methoxy groups -OCH3 is 1. The number of aromatic hydroxyl groups is 1. The van der Waals surface area contributed by atoms with Crippen LogP contribution >= 0.6 is 0 Å². The summed E-state index contributed by atoms with van der Waals surface area (Å²) >= 11 is 0. The van der Waals surface area contributed by atoms with Gasteiger partial charge in [0.15, 0.2) is 17.8 Å². The van der Waals surface area contributed by atoms with E-state index in [0.717, 1.165) is 0 Å². The third-order valence-electron chi connectivity index (χ3n) is 3.72. The van der Waals surface area contributed by atoms with Crippen LogP contribution in [0.2, 0.25) is 0 Å². The molecule has 1 aliphatic heterocycles. The van der Waals surface area contributed by atoms with Gasteiger partial charge in [-0.3, -0.25) is 0 Å². The highest BCUT2D eigenvalue weighted by molar-refractivity contribution is 5.42. The summed E-state index contributed by atoms with van der Waals surface area (Å²) < 4.78 is 9.90. The van der Waals surface area contributed by atoms with Crippen LogP contribution in [0.4, 0.5) is 0 Å². The van der Waals surface area contributed by atoms with Crippen LogP contribution in [-0.4, -0.2) is 57.7 Å². The van der Waals surface area contributed by atoms with Crippen molar-refractivity contribution in [1.29, 1.82) is 0 Å². The first-order valence-corrected chi connectivity index (χ1v) is 6.64. The van der Waals surface area contributed by atoms with E-state index in [1.54, 1.807) is 0 Å². The second-order valence-corrected chi connectivity index (χ2v) is 5.13. The van der Waals surface area contributed by atoms with E-state index in [9.17, 15) is 25.5 Å². The average molecular weight is 300 g/mol. The van der Waals surface area contributed by atoms with E-state index >= 15 is 0 Å². The lowest BCUT2D eigenvalue weighted by atomic mass is 9.87. The fraction of sp³-hybridized carbons (Fsp3) is 0.571. The van der Waals surface area contributed by atoms with Gasteiger partial charge in [-0.25, -0.2) is 0 Å². The third kappa shape index (κ3) is 3.45. The second-order valence-electron chi connectivity index (χ2n) is 5.13. The van der Waals surface area contributed by atoms with Gasteiger partial charge >= 0.3 is 0 Å². The normalized spacial score (nSPS) is 30.9. The lowest BCUT2D eigenvalue weighted by Crippen LogP contribution is -2.49. The Morgan fingerprint density at radius 2 is 2.05 bits per heavy atom. The standard InChI is InChI=1S/C14H20O7/c1-20-12-4-7(2-3-9(12)15)10(16)5-8-13(18)11(17)6-21-14(8)19/h2-4,8,10-11,13-19H,5-6H2,1H3/t8-,10?,11+,13-,14?/m1/s1. The predicted octanol–water partition coefficient (Wildman–Crippen LogP) is -0.489. The van der Waals surface area contributed by atoms with Gasteiger partial charge in [0.05, 0.1) is 25.9 Å². The number of hydrogen-bond acceptors (Lipinski definition) is 7. The molecule has 2 rings (SSSR count). The smallest absolute Gasteiger partial charge is 0.160 e. The van der Waals surface area contributed by atoms with Crippen molar-refractivity contribution in [2.75, 3.05) is 13.7 Å². The van der Waals surface area contributed by atoms with Gasteiger partial charge in [-0.15, -0.1) is 0 Å². The van der Waals surface area contributed by atoms with Gasteiger partial charge < -0.3 is 35.0 Å². The minimum absolute atomic E-state index is 0.00662. The van der Waals surface area contributed by atoms with Gasteiger partial charge in [0.1, 0.15) is 6.10 Å². The lowest BCUT2D eigenvalue weighted by molar-refractivity contribution is -0.235. The molecular formula is C14H20O7. The largest absolute Gasteiger partial charge is 0.504 e. The molecule has 1 heterocycles. The molecule has 1 aromatic rings. The van der Waals surface area contributed by atoms with Crippen molar-refractivity contribution in [3.8, 4) is 11.5 Å². The molecule has 0 amide bonds. The van der Waals surface area contributed by atoms with E-state index < -0.39 is 30.5 Å². The van der Waals surface area contributed by atoms with Gasteiger partial charge in [0.25, 0.3) is 0 Å². The molecule has 0 aromatic heterocycles. The van der Waals surface area contributed by atoms with Gasteiger partial charge in [0, 0.05) is 5.92 Å². The van der Waals surface area contributed by atoms with Crippen molar-refractivity contribution in [1.82, 2.24) is 0 Å². The van der Waals surface area contributed by atoms with Crippen LogP contribution in [0.25, 0.3) is 0 Å². The van der Waals surface area contributed by atoms with Crippen LogP contribution in [0.15, 0.2) is 18.2 Å². The Morgan fingerprint density at radius 3 is 2.71 bits per heavy atom. The molecule has 5 N–H and O–H groups in total. The number of rotatable bonds is 4. The summed E-state index contributed by atoms with van der Waals surface area (Å²) in [6.07, 6.45) is -4.55. The Balaban J connectivity index is 2.11. The molecular weight excluding hydrogens is 280 g/mol. The van der Waals surface area contributed by atoms with Gasteiger partial charge in [-0.2, -0.15) is 0 Å². The van der Waals surface area contributed by atoms with E-state index in [-0.39, 0.29) is 24.5 Å². The zero-order valence-electron chi connectivity index (χ0n) is 11.6. The van der Waals surface area contributed by atoms with Crippen LogP contribution in [0.3, 0.4) is 0 Å². The van der Waals surface area contributed by atoms with Gasteiger partial charge in [-0.05, 0) is 24.1 Å². The molecule has 1 saturated heterocycles. The van der Waals surface area contributed by atoms with Crippen molar-refractivity contribution < 1.29 is 35.0 Å². The first-order valence-electron chi connectivity index (χ1n) is 6.64. The molecule has 1 aliphatic rings. The number of aliphatic hydroxyl groups is 4. The molecule has 7 nitrogen and oxygen atoms in total. The Bertz CT molecular complexity index is 478. The molecule has 1 aromatic carbocycles. The maximum absolute atomic E-state index is 10.2. The Kier molecular flexibility index (Phi) is 5.02. The summed E-state index contributed by atoms with van der Waals surface area (Å²) in [5.41, 5.74) is 0.462. The number of phenolic OH excluding ortho intramolecular Hbond substituents is 1. The second kappa shape index (κ2) is 6.59. The van der Waals surface area contributed by atoms with Crippen molar-refractivity contribution in [3.63, 3.8) is 0 Å². The van der Waals surface area contributed by atoms with E-state index in [1.165, 1.54) is 25.3 Å². The molecule has 0 bridgehead atoms. The molecule has 2 unspecified atom stereocenters.